The topological polar surface area (TPSA) is 53.3 Å². The molecule has 0 N–H and O–H groups in total. The molecular formula is C13H14N2O2. The van der Waals surface area contributed by atoms with Gasteiger partial charge in [-0.05, 0) is 23.3 Å². The molecule has 1 aliphatic rings. The molecule has 4 nitrogen and oxygen atoms in total. The highest BCUT2D eigenvalue weighted by atomic mass is 16.5. The third-order valence-electron chi connectivity index (χ3n) is 2.94. The summed E-state index contributed by atoms with van der Waals surface area (Å²) in [5, 5.41) is 8.46. The lowest BCUT2D eigenvalue weighted by atomic mass is 10.1. The molecule has 0 unspecified atom stereocenters. The second kappa shape index (κ2) is 4.88. The second-order valence-electron chi connectivity index (χ2n) is 4.04. The van der Waals surface area contributed by atoms with E-state index in [1.165, 1.54) is 0 Å². The number of carbonyl (C=O) groups is 1. The molecule has 0 saturated carbocycles. The van der Waals surface area contributed by atoms with E-state index < -0.39 is 0 Å². The molecule has 0 aromatic heterocycles. The highest BCUT2D eigenvalue weighted by Gasteiger charge is 2.23. The zero-order valence-electron chi connectivity index (χ0n) is 9.77. The highest BCUT2D eigenvalue weighted by molar-refractivity contribution is 5.77. The molecule has 0 aliphatic carbocycles. The Morgan fingerprint density at radius 3 is 2.94 bits per heavy atom. The van der Waals surface area contributed by atoms with Crippen molar-refractivity contribution in [1.82, 2.24) is 4.90 Å². The molecule has 4 heteroatoms. The van der Waals surface area contributed by atoms with E-state index in [2.05, 4.69) is 0 Å². The van der Waals surface area contributed by atoms with Crippen LogP contribution >= 0.6 is 0 Å². The van der Waals surface area contributed by atoms with Crippen molar-refractivity contribution in [3.8, 4) is 11.8 Å². The summed E-state index contributed by atoms with van der Waals surface area (Å²) in [6, 6.07) is 7.86. The zero-order valence-corrected chi connectivity index (χ0v) is 9.77. The average Bonchev–Trinajstić information content (AvgIpc) is 2.78. The fraction of sp³-hybridized carbons (Fsp3) is 0.385. The minimum Gasteiger partial charge on any atom is -0.497 e. The fourth-order valence-electron chi connectivity index (χ4n) is 2.00. The predicted octanol–water partition coefficient (Wildman–Crippen LogP) is 1.84. The molecule has 0 fully saturated rings. The summed E-state index contributed by atoms with van der Waals surface area (Å²) >= 11 is 0. The number of nitrogens with zero attached hydrogens (tertiary/aromatic N) is 2. The van der Waals surface area contributed by atoms with Crippen LogP contribution in [0, 0.1) is 11.3 Å². The van der Waals surface area contributed by atoms with E-state index in [1.807, 2.05) is 24.3 Å². The van der Waals surface area contributed by atoms with E-state index in [1.54, 1.807) is 12.0 Å². The van der Waals surface area contributed by atoms with Gasteiger partial charge in [0.2, 0.25) is 5.91 Å². The molecule has 2 rings (SSSR count). The molecule has 1 amide bonds. The third kappa shape index (κ3) is 2.39. The van der Waals surface area contributed by atoms with Crippen LogP contribution in [0.5, 0.6) is 5.75 Å². The molecule has 17 heavy (non-hydrogen) atoms. The number of benzene rings is 1. The van der Waals surface area contributed by atoms with Crippen LogP contribution in [0.4, 0.5) is 0 Å². The molecule has 0 radical (unpaired) electrons. The van der Waals surface area contributed by atoms with Crippen LogP contribution in [0.25, 0.3) is 0 Å². The summed E-state index contributed by atoms with van der Waals surface area (Å²) in [4.78, 5) is 13.5. The summed E-state index contributed by atoms with van der Waals surface area (Å²) in [6.07, 6.45) is 0.594. The molecule has 88 valence electrons. The number of nitriles is 1. The molecule has 1 aromatic carbocycles. The van der Waals surface area contributed by atoms with E-state index in [4.69, 9.17) is 10.00 Å². The Balaban J connectivity index is 2.06. The summed E-state index contributed by atoms with van der Waals surface area (Å²) in [5.41, 5.74) is 2.30. The Kier molecular flexibility index (Phi) is 3.29. The monoisotopic (exact) mass is 230 g/mol. The van der Waals surface area contributed by atoms with Crippen molar-refractivity contribution in [2.75, 3.05) is 7.11 Å². The van der Waals surface area contributed by atoms with Crippen molar-refractivity contribution in [3.63, 3.8) is 0 Å². The molecule has 0 atom stereocenters. The molecule has 1 heterocycles. The maximum Gasteiger partial charge on any atom is 0.224 e. The summed E-state index contributed by atoms with van der Waals surface area (Å²) in [5.74, 6) is 0.858. The summed E-state index contributed by atoms with van der Waals surface area (Å²) in [7, 11) is 1.63. The van der Waals surface area contributed by atoms with Crippen LogP contribution in [0.1, 0.15) is 24.0 Å². The van der Waals surface area contributed by atoms with Crippen molar-refractivity contribution in [2.24, 2.45) is 0 Å². The number of methoxy groups -OCH3 is 1. The smallest absolute Gasteiger partial charge is 0.224 e. The average molecular weight is 230 g/mol. The van der Waals surface area contributed by atoms with Crippen molar-refractivity contribution in [1.29, 1.82) is 5.26 Å². The van der Waals surface area contributed by atoms with Crippen LogP contribution in [0.3, 0.4) is 0 Å². The first-order chi connectivity index (χ1) is 8.24. The summed E-state index contributed by atoms with van der Waals surface area (Å²) < 4.78 is 5.15. The number of hydrogen-bond donors (Lipinski definition) is 0. The van der Waals surface area contributed by atoms with Crippen LogP contribution in [-0.4, -0.2) is 17.9 Å². The van der Waals surface area contributed by atoms with Gasteiger partial charge in [-0.3, -0.25) is 4.79 Å². The van der Waals surface area contributed by atoms with Gasteiger partial charge in [-0.2, -0.15) is 5.26 Å². The van der Waals surface area contributed by atoms with Crippen molar-refractivity contribution in [2.45, 2.75) is 25.9 Å². The largest absolute Gasteiger partial charge is 0.497 e. The van der Waals surface area contributed by atoms with Crippen LogP contribution in [0.2, 0.25) is 0 Å². The van der Waals surface area contributed by atoms with E-state index in [-0.39, 0.29) is 12.3 Å². The number of amides is 1. The summed E-state index contributed by atoms with van der Waals surface area (Å²) in [6.45, 7) is 1.26. The predicted molar refractivity (Wildman–Crippen MR) is 62.1 cm³/mol. The van der Waals surface area contributed by atoms with E-state index in [9.17, 15) is 4.79 Å². The van der Waals surface area contributed by atoms with Gasteiger partial charge in [-0.1, -0.05) is 6.07 Å². The molecule has 0 saturated heterocycles. The van der Waals surface area contributed by atoms with Crippen LogP contribution in [-0.2, 0) is 17.9 Å². The first-order valence-electron chi connectivity index (χ1n) is 5.55. The molecule has 1 aromatic rings. The quantitative estimate of drug-likeness (QED) is 0.796. The molecule has 1 aliphatic heterocycles. The maximum absolute atomic E-state index is 11.8. The number of fused-ring (bicyclic) bond motifs is 1. The second-order valence-corrected chi connectivity index (χ2v) is 4.04. The van der Waals surface area contributed by atoms with Crippen molar-refractivity contribution >= 4 is 5.91 Å². The SMILES string of the molecule is COc1ccc2c(c1)CN(C(=O)CCC#N)C2. The normalized spacial score (nSPS) is 13.1. The first kappa shape index (κ1) is 11.5. The number of hydrogen-bond acceptors (Lipinski definition) is 3. The Morgan fingerprint density at radius 2 is 2.24 bits per heavy atom. The van der Waals surface area contributed by atoms with Gasteiger partial charge >= 0.3 is 0 Å². The standard InChI is InChI=1S/C13H14N2O2/c1-17-12-5-4-10-8-15(9-11(10)7-12)13(16)3-2-6-14/h4-5,7H,2-3,8-9H2,1H3. The lowest BCUT2D eigenvalue weighted by molar-refractivity contribution is -0.131. The molecule has 0 bridgehead atoms. The maximum atomic E-state index is 11.8. The zero-order chi connectivity index (χ0) is 12.3. The van der Waals surface area contributed by atoms with Gasteiger partial charge in [0.05, 0.1) is 13.2 Å². The van der Waals surface area contributed by atoms with Gasteiger partial charge in [0.1, 0.15) is 5.75 Å². The number of ether oxygens (including phenoxy) is 1. The van der Waals surface area contributed by atoms with Gasteiger partial charge in [0.15, 0.2) is 0 Å². The Morgan fingerprint density at radius 1 is 1.47 bits per heavy atom. The van der Waals surface area contributed by atoms with E-state index in [0.29, 0.717) is 19.5 Å². The van der Waals surface area contributed by atoms with Gasteiger partial charge < -0.3 is 9.64 Å². The molecule has 0 spiro atoms. The highest BCUT2D eigenvalue weighted by Crippen LogP contribution is 2.27. The lowest BCUT2D eigenvalue weighted by Crippen LogP contribution is -2.24. The molecular weight excluding hydrogens is 216 g/mol. The third-order valence-corrected chi connectivity index (χ3v) is 2.94. The van der Waals surface area contributed by atoms with Gasteiger partial charge in [-0.25, -0.2) is 0 Å². The fourth-order valence-corrected chi connectivity index (χ4v) is 2.00. The number of carbonyl (C=O) groups excluding carboxylic acids is 1. The van der Waals surface area contributed by atoms with Crippen LogP contribution in [0.15, 0.2) is 18.2 Å². The lowest BCUT2D eigenvalue weighted by Gasteiger charge is -2.13. The Bertz CT molecular complexity index is 477. The first-order valence-corrected chi connectivity index (χ1v) is 5.55. The Labute approximate surface area is 100 Å². The minimum absolute atomic E-state index is 0.0433. The van der Waals surface area contributed by atoms with Crippen molar-refractivity contribution < 1.29 is 9.53 Å². The number of rotatable bonds is 3. The van der Waals surface area contributed by atoms with Gasteiger partial charge in [0, 0.05) is 25.9 Å². The van der Waals surface area contributed by atoms with E-state index >= 15 is 0 Å². The van der Waals surface area contributed by atoms with E-state index in [0.717, 1.165) is 16.9 Å². The van der Waals surface area contributed by atoms with Gasteiger partial charge in [0.25, 0.3) is 0 Å². The minimum atomic E-state index is 0.0433. The van der Waals surface area contributed by atoms with Crippen molar-refractivity contribution in [3.05, 3.63) is 29.3 Å². The Hall–Kier alpha value is -2.02. The van der Waals surface area contributed by atoms with Gasteiger partial charge in [-0.15, -0.1) is 0 Å². The van der Waals surface area contributed by atoms with Crippen LogP contribution < -0.4 is 4.74 Å².